The topological polar surface area (TPSA) is 32.3 Å². The van der Waals surface area contributed by atoms with Crippen LogP contribution in [-0.2, 0) is 11.3 Å². The molecular weight excluding hydrogens is 308 g/mol. The lowest BCUT2D eigenvalue weighted by Gasteiger charge is -2.16. The molecule has 0 bridgehead atoms. The standard InChI is InChI=1S/C22H28N2O/c1-18(20-11-6-3-7-12-20)23-14-8-13-21-16-24(17-22(21)25)15-19-9-4-2-5-10-19/h2-7,9-12,18,21,23H,8,13-17H2,1H3/t18-,21-/m1/s1. The van der Waals surface area contributed by atoms with Crippen LogP contribution in [0.15, 0.2) is 60.7 Å². The van der Waals surface area contributed by atoms with E-state index in [-0.39, 0.29) is 5.92 Å². The first-order valence-corrected chi connectivity index (χ1v) is 9.29. The summed E-state index contributed by atoms with van der Waals surface area (Å²) in [7, 11) is 0. The average Bonchev–Trinajstić information content (AvgIpc) is 2.99. The van der Waals surface area contributed by atoms with E-state index in [1.807, 2.05) is 12.1 Å². The van der Waals surface area contributed by atoms with E-state index in [1.165, 1.54) is 11.1 Å². The number of nitrogens with zero attached hydrogens (tertiary/aromatic N) is 1. The zero-order valence-corrected chi connectivity index (χ0v) is 15.0. The Morgan fingerprint density at radius 3 is 2.48 bits per heavy atom. The van der Waals surface area contributed by atoms with E-state index in [2.05, 4.69) is 65.7 Å². The van der Waals surface area contributed by atoms with Crippen LogP contribution < -0.4 is 5.32 Å². The molecule has 2 aromatic rings. The number of rotatable bonds is 8. The van der Waals surface area contributed by atoms with Crippen molar-refractivity contribution in [2.24, 2.45) is 5.92 Å². The van der Waals surface area contributed by atoms with Crippen molar-refractivity contribution >= 4 is 5.78 Å². The number of ketones is 1. The number of hydrogen-bond acceptors (Lipinski definition) is 3. The minimum atomic E-state index is 0.206. The molecule has 1 fully saturated rings. The van der Waals surface area contributed by atoms with Gasteiger partial charge in [-0.3, -0.25) is 9.69 Å². The normalized spacial score (nSPS) is 19.2. The van der Waals surface area contributed by atoms with Crippen molar-refractivity contribution in [1.29, 1.82) is 0 Å². The minimum Gasteiger partial charge on any atom is -0.310 e. The molecule has 0 aliphatic carbocycles. The average molecular weight is 336 g/mol. The molecule has 1 aliphatic heterocycles. The van der Waals surface area contributed by atoms with Gasteiger partial charge in [0.25, 0.3) is 0 Å². The summed E-state index contributed by atoms with van der Waals surface area (Å²) in [6.07, 6.45) is 2.03. The van der Waals surface area contributed by atoms with Crippen LogP contribution in [0, 0.1) is 5.92 Å². The van der Waals surface area contributed by atoms with E-state index >= 15 is 0 Å². The minimum absolute atomic E-state index is 0.206. The number of Topliss-reactive ketones (excluding diaryl/α,β-unsaturated/α-hetero) is 1. The number of carbonyl (C=O) groups is 1. The quantitative estimate of drug-likeness (QED) is 0.744. The molecule has 1 aliphatic rings. The van der Waals surface area contributed by atoms with Crippen LogP contribution in [-0.4, -0.2) is 30.3 Å². The molecular formula is C22H28N2O. The van der Waals surface area contributed by atoms with Crippen LogP contribution in [0.5, 0.6) is 0 Å². The summed E-state index contributed by atoms with van der Waals surface area (Å²) in [5.41, 5.74) is 2.60. The van der Waals surface area contributed by atoms with Crippen LogP contribution in [0.2, 0.25) is 0 Å². The predicted molar refractivity (Wildman–Crippen MR) is 102 cm³/mol. The SMILES string of the molecule is C[C@@H](NCCC[C@@H]1CN(Cc2ccccc2)CC1=O)c1ccccc1. The highest BCUT2D eigenvalue weighted by Gasteiger charge is 2.29. The highest BCUT2D eigenvalue weighted by atomic mass is 16.1. The Morgan fingerprint density at radius 1 is 1.08 bits per heavy atom. The molecule has 0 radical (unpaired) electrons. The second kappa shape index (κ2) is 8.93. The lowest BCUT2D eigenvalue weighted by molar-refractivity contribution is -0.120. The van der Waals surface area contributed by atoms with E-state index in [4.69, 9.17) is 0 Å². The number of carbonyl (C=O) groups excluding carboxylic acids is 1. The second-order valence-electron chi connectivity index (χ2n) is 7.05. The monoisotopic (exact) mass is 336 g/mol. The molecule has 3 nitrogen and oxygen atoms in total. The summed E-state index contributed by atoms with van der Waals surface area (Å²) in [6.45, 7) is 5.54. The predicted octanol–water partition coefficient (Wildman–Crippen LogP) is 3.82. The fourth-order valence-corrected chi connectivity index (χ4v) is 3.57. The number of nitrogens with one attached hydrogen (secondary N) is 1. The third kappa shape index (κ3) is 5.25. The molecule has 132 valence electrons. The fourth-order valence-electron chi connectivity index (χ4n) is 3.57. The Bertz CT molecular complexity index is 656. The molecule has 3 rings (SSSR count). The van der Waals surface area contributed by atoms with E-state index in [9.17, 15) is 4.79 Å². The van der Waals surface area contributed by atoms with Gasteiger partial charge < -0.3 is 5.32 Å². The van der Waals surface area contributed by atoms with E-state index in [1.54, 1.807) is 0 Å². The van der Waals surface area contributed by atoms with E-state index < -0.39 is 0 Å². The molecule has 0 amide bonds. The Balaban J connectivity index is 1.38. The van der Waals surface area contributed by atoms with Crippen molar-refractivity contribution < 1.29 is 4.79 Å². The molecule has 2 aromatic carbocycles. The van der Waals surface area contributed by atoms with Crippen LogP contribution in [0.25, 0.3) is 0 Å². The van der Waals surface area contributed by atoms with Crippen molar-refractivity contribution in [3.8, 4) is 0 Å². The number of hydrogen-bond donors (Lipinski definition) is 1. The summed E-state index contributed by atoms with van der Waals surface area (Å²) in [6, 6.07) is 21.3. The van der Waals surface area contributed by atoms with Crippen molar-refractivity contribution in [3.63, 3.8) is 0 Å². The van der Waals surface area contributed by atoms with Crippen LogP contribution in [0.3, 0.4) is 0 Å². The maximum Gasteiger partial charge on any atom is 0.151 e. The highest BCUT2D eigenvalue weighted by molar-refractivity contribution is 5.85. The van der Waals surface area contributed by atoms with E-state index in [0.29, 0.717) is 18.4 Å². The van der Waals surface area contributed by atoms with Crippen LogP contribution >= 0.6 is 0 Å². The summed E-state index contributed by atoms with van der Waals surface area (Å²) in [4.78, 5) is 14.5. The Labute approximate surface area is 151 Å². The second-order valence-corrected chi connectivity index (χ2v) is 7.05. The molecule has 1 N–H and O–H groups in total. The summed E-state index contributed by atoms with van der Waals surface area (Å²) < 4.78 is 0. The molecule has 0 spiro atoms. The Hall–Kier alpha value is -1.97. The third-order valence-corrected chi connectivity index (χ3v) is 5.04. The first kappa shape index (κ1) is 17.8. The third-order valence-electron chi connectivity index (χ3n) is 5.04. The molecule has 1 saturated heterocycles. The van der Waals surface area contributed by atoms with Crippen LogP contribution in [0.4, 0.5) is 0 Å². The molecule has 1 heterocycles. The van der Waals surface area contributed by atoms with E-state index in [0.717, 1.165) is 32.5 Å². The first-order chi connectivity index (χ1) is 12.2. The molecule has 0 unspecified atom stereocenters. The molecule has 3 heteroatoms. The molecule has 0 saturated carbocycles. The highest BCUT2D eigenvalue weighted by Crippen LogP contribution is 2.20. The van der Waals surface area contributed by atoms with Gasteiger partial charge in [-0.1, -0.05) is 60.7 Å². The van der Waals surface area contributed by atoms with Gasteiger partial charge in [0.1, 0.15) is 0 Å². The van der Waals surface area contributed by atoms with Crippen molar-refractivity contribution in [2.45, 2.75) is 32.4 Å². The molecule has 0 aromatic heterocycles. The maximum atomic E-state index is 12.3. The summed E-state index contributed by atoms with van der Waals surface area (Å²) in [5.74, 6) is 0.615. The number of benzene rings is 2. The van der Waals surface area contributed by atoms with Gasteiger partial charge in [0, 0.05) is 25.0 Å². The van der Waals surface area contributed by atoms with Gasteiger partial charge in [-0.05, 0) is 37.4 Å². The molecule has 2 atom stereocenters. The lowest BCUT2D eigenvalue weighted by atomic mass is 10.0. The lowest BCUT2D eigenvalue weighted by Crippen LogP contribution is -2.22. The molecule has 25 heavy (non-hydrogen) atoms. The fraction of sp³-hybridized carbons (Fsp3) is 0.409. The van der Waals surface area contributed by atoms with Gasteiger partial charge in [-0.15, -0.1) is 0 Å². The Morgan fingerprint density at radius 2 is 1.76 bits per heavy atom. The van der Waals surface area contributed by atoms with Crippen molar-refractivity contribution in [1.82, 2.24) is 10.2 Å². The van der Waals surface area contributed by atoms with Gasteiger partial charge >= 0.3 is 0 Å². The van der Waals surface area contributed by atoms with Crippen molar-refractivity contribution in [2.75, 3.05) is 19.6 Å². The van der Waals surface area contributed by atoms with Gasteiger partial charge in [0.2, 0.25) is 0 Å². The Kier molecular flexibility index (Phi) is 6.37. The zero-order chi connectivity index (χ0) is 17.5. The van der Waals surface area contributed by atoms with Gasteiger partial charge in [-0.2, -0.15) is 0 Å². The van der Waals surface area contributed by atoms with Gasteiger partial charge in [-0.25, -0.2) is 0 Å². The zero-order valence-electron chi connectivity index (χ0n) is 15.0. The maximum absolute atomic E-state index is 12.3. The summed E-state index contributed by atoms with van der Waals surface area (Å²) in [5, 5.41) is 3.56. The first-order valence-electron chi connectivity index (χ1n) is 9.29. The smallest absolute Gasteiger partial charge is 0.151 e. The van der Waals surface area contributed by atoms with Gasteiger partial charge in [0.05, 0.1) is 6.54 Å². The van der Waals surface area contributed by atoms with Gasteiger partial charge in [0.15, 0.2) is 5.78 Å². The largest absolute Gasteiger partial charge is 0.310 e. The summed E-state index contributed by atoms with van der Waals surface area (Å²) >= 11 is 0. The number of likely N-dealkylation sites (tertiary alicyclic amines) is 1. The van der Waals surface area contributed by atoms with Crippen molar-refractivity contribution in [3.05, 3.63) is 71.8 Å². The van der Waals surface area contributed by atoms with Crippen LogP contribution in [0.1, 0.15) is 36.9 Å².